The number of halogens is 1. The zero-order valence-corrected chi connectivity index (χ0v) is 20.4. The molecule has 0 saturated carbocycles. The SMILES string of the molecule is CCCNC(=O)C(Cc1ccccc1)N(Cc1ccccc1Cl)C(=O)COc1ccccc1C. The number of hydrogen-bond donors (Lipinski definition) is 1. The fourth-order valence-corrected chi connectivity index (χ4v) is 3.87. The van der Waals surface area contributed by atoms with Crippen LogP contribution in [0, 0.1) is 6.92 Å². The molecule has 1 N–H and O–H groups in total. The Hall–Kier alpha value is -3.31. The molecular weight excluding hydrogens is 448 g/mol. The number of ether oxygens (including phenoxy) is 1. The first-order valence-corrected chi connectivity index (χ1v) is 11.9. The minimum Gasteiger partial charge on any atom is -0.484 e. The molecule has 0 bridgehead atoms. The number of aryl methyl sites for hydroxylation is 1. The topological polar surface area (TPSA) is 58.6 Å². The first-order valence-electron chi connectivity index (χ1n) is 11.5. The van der Waals surface area contributed by atoms with Crippen LogP contribution in [0.25, 0.3) is 0 Å². The van der Waals surface area contributed by atoms with Crippen molar-refractivity contribution in [1.82, 2.24) is 10.2 Å². The maximum atomic E-state index is 13.5. The van der Waals surface area contributed by atoms with Crippen LogP contribution in [0.4, 0.5) is 0 Å². The van der Waals surface area contributed by atoms with Gasteiger partial charge in [0.15, 0.2) is 6.61 Å². The average molecular weight is 479 g/mol. The minimum atomic E-state index is -0.710. The van der Waals surface area contributed by atoms with Crippen molar-refractivity contribution in [1.29, 1.82) is 0 Å². The van der Waals surface area contributed by atoms with Crippen molar-refractivity contribution < 1.29 is 14.3 Å². The van der Waals surface area contributed by atoms with Crippen LogP contribution >= 0.6 is 11.6 Å². The van der Waals surface area contributed by atoms with Crippen molar-refractivity contribution in [2.24, 2.45) is 0 Å². The Morgan fingerprint density at radius 1 is 0.971 bits per heavy atom. The van der Waals surface area contributed by atoms with Crippen molar-refractivity contribution in [3.8, 4) is 5.75 Å². The molecule has 2 amide bonds. The Labute approximate surface area is 206 Å². The number of amides is 2. The average Bonchev–Trinajstić information content (AvgIpc) is 2.85. The molecule has 5 nitrogen and oxygen atoms in total. The van der Waals surface area contributed by atoms with Crippen LogP contribution in [0.2, 0.25) is 5.02 Å². The van der Waals surface area contributed by atoms with Crippen LogP contribution < -0.4 is 10.1 Å². The fourth-order valence-electron chi connectivity index (χ4n) is 3.67. The molecule has 0 radical (unpaired) electrons. The van der Waals surface area contributed by atoms with Crippen LogP contribution in [0.15, 0.2) is 78.9 Å². The number of nitrogens with one attached hydrogen (secondary N) is 1. The molecule has 0 spiro atoms. The third-order valence-corrected chi connectivity index (χ3v) is 5.93. The van der Waals surface area contributed by atoms with Gasteiger partial charge in [-0.2, -0.15) is 0 Å². The first-order chi connectivity index (χ1) is 16.5. The van der Waals surface area contributed by atoms with Crippen molar-refractivity contribution >= 4 is 23.4 Å². The van der Waals surface area contributed by atoms with E-state index >= 15 is 0 Å². The van der Waals surface area contributed by atoms with Gasteiger partial charge in [0.2, 0.25) is 5.91 Å². The molecule has 0 aliphatic heterocycles. The molecule has 3 aromatic carbocycles. The number of carbonyl (C=O) groups excluding carboxylic acids is 2. The summed E-state index contributed by atoms with van der Waals surface area (Å²) in [6.07, 6.45) is 1.19. The van der Waals surface area contributed by atoms with E-state index in [9.17, 15) is 9.59 Å². The molecule has 3 aromatic rings. The van der Waals surface area contributed by atoms with Crippen LogP contribution in [0.5, 0.6) is 5.75 Å². The maximum absolute atomic E-state index is 13.5. The van der Waals surface area contributed by atoms with Crippen molar-refractivity contribution in [2.45, 2.75) is 39.3 Å². The van der Waals surface area contributed by atoms with Gasteiger partial charge >= 0.3 is 0 Å². The lowest BCUT2D eigenvalue weighted by atomic mass is 10.0. The third kappa shape index (κ3) is 7.09. The summed E-state index contributed by atoms with van der Waals surface area (Å²) in [7, 11) is 0. The van der Waals surface area contributed by atoms with Gasteiger partial charge in [0.25, 0.3) is 5.91 Å². The maximum Gasteiger partial charge on any atom is 0.261 e. The fraction of sp³-hybridized carbons (Fsp3) is 0.286. The monoisotopic (exact) mass is 478 g/mol. The van der Waals surface area contributed by atoms with Crippen molar-refractivity contribution in [3.05, 3.63) is 101 Å². The summed E-state index contributed by atoms with van der Waals surface area (Å²) in [6.45, 7) is 4.49. The summed E-state index contributed by atoms with van der Waals surface area (Å²) in [5.41, 5.74) is 2.68. The van der Waals surface area contributed by atoms with Gasteiger partial charge in [0, 0.05) is 24.5 Å². The van der Waals surface area contributed by atoms with E-state index in [1.54, 1.807) is 11.0 Å². The summed E-state index contributed by atoms with van der Waals surface area (Å²) in [5, 5.41) is 3.51. The lowest BCUT2D eigenvalue weighted by molar-refractivity contribution is -0.142. The molecule has 6 heteroatoms. The minimum absolute atomic E-state index is 0.179. The molecule has 178 valence electrons. The van der Waals surface area contributed by atoms with Crippen LogP contribution in [0.3, 0.4) is 0 Å². The van der Waals surface area contributed by atoms with Gasteiger partial charge in [-0.1, -0.05) is 85.3 Å². The molecule has 0 saturated heterocycles. The van der Waals surface area contributed by atoms with E-state index in [1.807, 2.05) is 86.6 Å². The molecule has 0 heterocycles. The van der Waals surface area contributed by atoms with E-state index in [0.29, 0.717) is 23.7 Å². The predicted molar refractivity (Wildman–Crippen MR) is 136 cm³/mol. The van der Waals surface area contributed by atoms with E-state index in [1.165, 1.54) is 0 Å². The number of nitrogens with zero attached hydrogens (tertiary/aromatic N) is 1. The molecule has 1 atom stereocenters. The zero-order valence-electron chi connectivity index (χ0n) is 19.7. The summed E-state index contributed by atoms with van der Waals surface area (Å²) in [4.78, 5) is 28.4. The Morgan fingerprint density at radius 3 is 2.35 bits per heavy atom. The van der Waals surface area contributed by atoms with Gasteiger partial charge in [0.05, 0.1) is 0 Å². The van der Waals surface area contributed by atoms with Crippen molar-refractivity contribution in [2.75, 3.05) is 13.2 Å². The van der Waals surface area contributed by atoms with Crippen LogP contribution in [0.1, 0.15) is 30.0 Å². The van der Waals surface area contributed by atoms with E-state index < -0.39 is 6.04 Å². The van der Waals surface area contributed by atoms with Crippen LogP contribution in [-0.4, -0.2) is 35.9 Å². The van der Waals surface area contributed by atoms with Gasteiger partial charge in [0.1, 0.15) is 11.8 Å². The second-order valence-electron chi connectivity index (χ2n) is 8.16. The second kappa shape index (κ2) is 12.8. The summed E-state index contributed by atoms with van der Waals surface area (Å²) >= 11 is 6.43. The Balaban J connectivity index is 1.91. The van der Waals surface area contributed by atoms with Crippen LogP contribution in [-0.2, 0) is 22.6 Å². The van der Waals surface area contributed by atoms with E-state index in [-0.39, 0.29) is 25.0 Å². The quantitative estimate of drug-likeness (QED) is 0.412. The van der Waals surface area contributed by atoms with Crippen molar-refractivity contribution in [3.63, 3.8) is 0 Å². The number of para-hydroxylation sites is 1. The van der Waals surface area contributed by atoms with Gasteiger partial charge < -0.3 is 15.0 Å². The van der Waals surface area contributed by atoms with Gasteiger partial charge in [-0.05, 0) is 42.2 Å². The largest absolute Gasteiger partial charge is 0.484 e. The van der Waals surface area contributed by atoms with Gasteiger partial charge in [-0.25, -0.2) is 0 Å². The smallest absolute Gasteiger partial charge is 0.261 e. The highest BCUT2D eigenvalue weighted by Crippen LogP contribution is 2.21. The lowest BCUT2D eigenvalue weighted by Gasteiger charge is -2.31. The number of benzene rings is 3. The number of carbonyl (C=O) groups is 2. The highest BCUT2D eigenvalue weighted by atomic mass is 35.5. The highest BCUT2D eigenvalue weighted by Gasteiger charge is 2.31. The number of rotatable bonds is 11. The molecule has 34 heavy (non-hydrogen) atoms. The van der Waals surface area contributed by atoms with E-state index in [4.69, 9.17) is 16.3 Å². The third-order valence-electron chi connectivity index (χ3n) is 5.56. The predicted octanol–water partition coefficient (Wildman–Crippen LogP) is 5.19. The van der Waals surface area contributed by atoms with Gasteiger partial charge in [-0.15, -0.1) is 0 Å². The van der Waals surface area contributed by atoms with Gasteiger partial charge in [-0.3, -0.25) is 9.59 Å². The molecule has 0 aliphatic rings. The molecule has 0 aromatic heterocycles. The molecular formula is C28H31ClN2O3. The summed E-state index contributed by atoms with van der Waals surface area (Å²) < 4.78 is 5.85. The Morgan fingerprint density at radius 2 is 1.65 bits per heavy atom. The normalized spacial score (nSPS) is 11.5. The van der Waals surface area contributed by atoms with E-state index in [0.717, 1.165) is 23.1 Å². The highest BCUT2D eigenvalue weighted by molar-refractivity contribution is 6.31. The molecule has 3 rings (SSSR count). The molecule has 0 fully saturated rings. The summed E-state index contributed by atoms with van der Waals surface area (Å²) in [6, 6.07) is 23.9. The lowest BCUT2D eigenvalue weighted by Crippen LogP contribution is -2.51. The molecule has 0 aliphatic carbocycles. The number of hydrogen-bond acceptors (Lipinski definition) is 3. The Bertz CT molecular complexity index is 1090. The second-order valence-corrected chi connectivity index (χ2v) is 8.57. The first kappa shape index (κ1) is 25.3. The van der Waals surface area contributed by atoms with E-state index in [2.05, 4.69) is 5.32 Å². The summed E-state index contributed by atoms with van der Waals surface area (Å²) in [5.74, 6) is 0.168. The zero-order chi connectivity index (χ0) is 24.3. The molecule has 1 unspecified atom stereocenters. The Kier molecular flexibility index (Phi) is 9.53. The standard InChI is InChI=1S/C28H31ClN2O3/c1-3-17-30-28(33)25(18-22-12-5-4-6-13-22)31(19-23-14-8-9-15-24(23)29)27(32)20-34-26-16-10-7-11-21(26)2/h4-16,25H,3,17-20H2,1-2H3,(H,30,33).